The molecule has 62 valence electrons. The van der Waals surface area contributed by atoms with Gasteiger partial charge in [0.15, 0.2) is 0 Å². The Morgan fingerprint density at radius 1 is 1.33 bits per heavy atom. The van der Waals surface area contributed by atoms with E-state index in [1.807, 2.05) is 24.3 Å². The van der Waals surface area contributed by atoms with Crippen LogP contribution < -0.4 is 0 Å². The van der Waals surface area contributed by atoms with Crippen LogP contribution in [-0.4, -0.2) is 5.75 Å². The molecule has 12 heavy (non-hydrogen) atoms. The second-order valence-electron chi connectivity index (χ2n) is 2.32. The molecule has 0 aliphatic rings. The van der Waals surface area contributed by atoms with E-state index in [0.717, 1.165) is 16.5 Å². The largest absolute Gasteiger partial charge is 0.144 e. The fraction of sp³-hybridized carbons (Fsp3) is 0.200. The van der Waals surface area contributed by atoms with Crippen molar-refractivity contribution in [3.05, 3.63) is 34.9 Å². The van der Waals surface area contributed by atoms with Gasteiger partial charge in [-0.1, -0.05) is 29.7 Å². The number of halogens is 1. The van der Waals surface area contributed by atoms with E-state index in [9.17, 15) is 0 Å². The molecule has 0 amide bonds. The van der Waals surface area contributed by atoms with Gasteiger partial charge in [0, 0.05) is 10.8 Å². The first kappa shape index (κ1) is 9.51. The van der Waals surface area contributed by atoms with E-state index < -0.39 is 0 Å². The Morgan fingerprint density at radius 3 is 2.58 bits per heavy atom. The van der Waals surface area contributed by atoms with Crippen molar-refractivity contribution in [1.82, 2.24) is 0 Å². The maximum atomic E-state index is 5.73. The summed E-state index contributed by atoms with van der Waals surface area (Å²) in [5.74, 6) is 4.31. The van der Waals surface area contributed by atoms with Crippen LogP contribution in [0.3, 0.4) is 0 Å². The zero-order chi connectivity index (χ0) is 8.81. The summed E-state index contributed by atoms with van der Waals surface area (Å²) in [5.41, 5.74) is 1.26. The molecule has 0 atom stereocenters. The van der Waals surface area contributed by atoms with Crippen molar-refractivity contribution >= 4 is 23.4 Å². The lowest BCUT2D eigenvalue weighted by Gasteiger charge is -1.98. The van der Waals surface area contributed by atoms with E-state index in [4.69, 9.17) is 18.0 Å². The second kappa shape index (κ2) is 5.13. The molecule has 1 aromatic rings. The lowest BCUT2D eigenvalue weighted by atomic mass is 10.2. The Morgan fingerprint density at radius 2 is 2.00 bits per heavy atom. The second-order valence-corrected chi connectivity index (χ2v) is 3.75. The number of hydrogen-bond acceptors (Lipinski definition) is 1. The number of hydrogen-bond donors (Lipinski definition) is 0. The van der Waals surface area contributed by atoms with Gasteiger partial charge in [-0.25, -0.2) is 0 Å². The Labute approximate surface area is 82.3 Å². The van der Waals surface area contributed by atoms with Gasteiger partial charge < -0.3 is 0 Å². The van der Waals surface area contributed by atoms with Crippen molar-refractivity contribution in [3.63, 3.8) is 0 Å². The Bertz CT molecular complexity index is 271. The standard InChI is InChI=1S/C10H9ClS/c1-2-7-12-8-9-3-5-10(11)6-4-9/h1,3-6H,7-8H2. The SMILES string of the molecule is C#CCSCc1ccc(Cl)cc1. The van der Waals surface area contributed by atoms with Crippen molar-refractivity contribution in [2.24, 2.45) is 0 Å². The summed E-state index contributed by atoms with van der Waals surface area (Å²) in [6.45, 7) is 0. The summed E-state index contributed by atoms with van der Waals surface area (Å²) in [7, 11) is 0. The van der Waals surface area contributed by atoms with Crippen LogP contribution in [0.4, 0.5) is 0 Å². The highest BCUT2D eigenvalue weighted by Gasteiger charge is 1.91. The molecule has 0 aliphatic heterocycles. The predicted molar refractivity (Wildman–Crippen MR) is 56.4 cm³/mol. The first-order chi connectivity index (χ1) is 5.83. The highest BCUT2D eigenvalue weighted by molar-refractivity contribution is 7.98. The summed E-state index contributed by atoms with van der Waals surface area (Å²) in [6.07, 6.45) is 5.12. The third kappa shape index (κ3) is 3.21. The molecule has 0 heterocycles. The molecule has 0 bridgehead atoms. The van der Waals surface area contributed by atoms with Crippen LogP contribution in [0.1, 0.15) is 5.56 Å². The molecular weight excluding hydrogens is 188 g/mol. The van der Waals surface area contributed by atoms with Crippen molar-refractivity contribution in [2.75, 3.05) is 5.75 Å². The van der Waals surface area contributed by atoms with Gasteiger partial charge in [0.05, 0.1) is 5.75 Å². The quantitative estimate of drug-likeness (QED) is 0.529. The minimum Gasteiger partial charge on any atom is -0.144 e. The normalized spacial score (nSPS) is 9.33. The lowest BCUT2D eigenvalue weighted by Crippen LogP contribution is -1.80. The van der Waals surface area contributed by atoms with E-state index in [-0.39, 0.29) is 0 Å². The van der Waals surface area contributed by atoms with E-state index >= 15 is 0 Å². The van der Waals surface area contributed by atoms with Crippen molar-refractivity contribution < 1.29 is 0 Å². The molecule has 2 heteroatoms. The zero-order valence-corrected chi connectivity index (χ0v) is 8.16. The summed E-state index contributed by atoms with van der Waals surface area (Å²) in [4.78, 5) is 0. The molecule has 0 N–H and O–H groups in total. The van der Waals surface area contributed by atoms with Crippen LogP contribution in [0.15, 0.2) is 24.3 Å². The van der Waals surface area contributed by atoms with Gasteiger partial charge >= 0.3 is 0 Å². The smallest absolute Gasteiger partial charge is 0.0548 e. The monoisotopic (exact) mass is 196 g/mol. The van der Waals surface area contributed by atoms with Gasteiger partial charge in [0.1, 0.15) is 0 Å². The molecule has 0 unspecified atom stereocenters. The third-order valence-corrected chi connectivity index (χ3v) is 2.53. The average Bonchev–Trinajstić information content (AvgIpc) is 2.09. The minimum absolute atomic E-state index is 0.766. The molecule has 0 radical (unpaired) electrons. The molecule has 0 saturated carbocycles. The van der Waals surface area contributed by atoms with Crippen LogP contribution >= 0.6 is 23.4 Å². The van der Waals surface area contributed by atoms with Gasteiger partial charge in [0.2, 0.25) is 0 Å². The molecule has 0 spiro atoms. The maximum absolute atomic E-state index is 5.73. The van der Waals surface area contributed by atoms with Crippen molar-refractivity contribution in [3.8, 4) is 12.3 Å². The van der Waals surface area contributed by atoms with E-state index in [1.165, 1.54) is 5.56 Å². The highest BCUT2D eigenvalue weighted by Crippen LogP contribution is 2.14. The van der Waals surface area contributed by atoms with Crippen molar-refractivity contribution in [1.29, 1.82) is 0 Å². The number of thioether (sulfide) groups is 1. The number of rotatable bonds is 3. The van der Waals surface area contributed by atoms with Gasteiger partial charge in [0.25, 0.3) is 0 Å². The van der Waals surface area contributed by atoms with Crippen LogP contribution in [0.25, 0.3) is 0 Å². The first-order valence-corrected chi connectivity index (χ1v) is 5.12. The Kier molecular flexibility index (Phi) is 4.07. The molecular formula is C10H9ClS. The predicted octanol–water partition coefficient (Wildman–Crippen LogP) is 3.21. The fourth-order valence-corrected chi connectivity index (χ4v) is 1.58. The van der Waals surface area contributed by atoms with Crippen LogP contribution in [-0.2, 0) is 5.75 Å². The Balaban J connectivity index is 2.43. The van der Waals surface area contributed by atoms with Crippen LogP contribution in [0.5, 0.6) is 0 Å². The highest BCUT2D eigenvalue weighted by atomic mass is 35.5. The molecule has 1 aromatic carbocycles. The van der Waals surface area contributed by atoms with Gasteiger partial charge in [-0.3, -0.25) is 0 Å². The van der Waals surface area contributed by atoms with Gasteiger partial charge in [-0.05, 0) is 17.7 Å². The summed E-state index contributed by atoms with van der Waals surface area (Å²) < 4.78 is 0. The summed E-state index contributed by atoms with van der Waals surface area (Å²) >= 11 is 7.47. The molecule has 0 aliphatic carbocycles. The summed E-state index contributed by atoms with van der Waals surface area (Å²) in [5, 5.41) is 0.778. The number of terminal acetylenes is 1. The van der Waals surface area contributed by atoms with Gasteiger partial charge in [-0.2, -0.15) is 0 Å². The number of benzene rings is 1. The molecule has 0 nitrogen and oxygen atoms in total. The molecule has 1 rings (SSSR count). The molecule has 0 saturated heterocycles. The maximum Gasteiger partial charge on any atom is 0.0548 e. The first-order valence-electron chi connectivity index (χ1n) is 3.58. The summed E-state index contributed by atoms with van der Waals surface area (Å²) in [6, 6.07) is 7.83. The third-order valence-electron chi connectivity index (χ3n) is 1.37. The van der Waals surface area contributed by atoms with E-state index in [1.54, 1.807) is 11.8 Å². The molecule has 0 aromatic heterocycles. The van der Waals surface area contributed by atoms with Crippen LogP contribution in [0, 0.1) is 12.3 Å². The van der Waals surface area contributed by atoms with E-state index in [2.05, 4.69) is 5.92 Å². The lowest BCUT2D eigenvalue weighted by molar-refractivity contribution is 1.42. The molecule has 0 fully saturated rings. The van der Waals surface area contributed by atoms with Crippen molar-refractivity contribution in [2.45, 2.75) is 5.75 Å². The topological polar surface area (TPSA) is 0 Å². The van der Waals surface area contributed by atoms with Gasteiger partial charge in [-0.15, -0.1) is 18.2 Å². The zero-order valence-electron chi connectivity index (χ0n) is 6.59. The fourth-order valence-electron chi connectivity index (χ4n) is 0.808. The van der Waals surface area contributed by atoms with Crippen LogP contribution in [0.2, 0.25) is 5.02 Å². The van der Waals surface area contributed by atoms with E-state index in [0.29, 0.717) is 0 Å². The average molecular weight is 197 g/mol. The Hall–Kier alpha value is -0.580. The minimum atomic E-state index is 0.766.